The van der Waals surface area contributed by atoms with Gasteiger partial charge in [-0.05, 0) is 57.9 Å². The number of carbonyl (C=O) groups is 1. The second-order valence-corrected chi connectivity index (χ2v) is 5.97. The highest BCUT2D eigenvalue weighted by molar-refractivity contribution is 5.97. The lowest BCUT2D eigenvalue weighted by Crippen LogP contribution is -2.43. The first-order valence-electron chi connectivity index (χ1n) is 8.13. The van der Waals surface area contributed by atoms with Crippen LogP contribution in [0.1, 0.15) is 53.9 Å². The van der Waals surface area contributed by atoms with Crippen molar-refractivity contribution in [3.8, 4) is 5.75 Å². The van der Waals surface area contributed by atoms with E-state index in [9.17, 15) is 4.79 Å². The van der Waals surface area contributed by atoms with Gasteiger partial charge in [0.2, 0.25) is 0 Å². The first kappa shape index (κ1) is 18.5. The molecule has 1 amide bonds. The zero-order chi connectivity index (χ0) is 16.6. The highest BCUT2D eigenvalue weighted by Crippen LogP contribution is 2.22. The van der Waals surface area contributed by atoms with E-state index in [0.29, 0.717) is 13.0 Å². The van der Waals surface area contributed by atoms with E-state index in [0.717, 1.165) is 24.3 Å². The summed E-state index contributed by atoms with van der Waals surface area (Å²) in [5.41, 5.74) is -0.0266. The molecule has 1 N–H and O–H groups in total. The van der Waals surface area contributed by atoms with E-state index in [-0.39, 0.29) is 12.0 Å². The van der Waals surface area contributed by atoms with Crippen molar-refractivity contribution < 1.29 is 14.3 Å². The number of anilines is 1. The van der Waals surface area contributed by atoms with Crippen LogP contribution in [0, 0.1) is 0 Å². The summed E-state index contributed by atoms with van der Waals surface area (Å²) in [6.07, 6.45) is 2.63. The van der Waals surface area contributed by atoms with E-state index >= 15 is 0 Å². The Bertz CT molecular complexity index is 456. The summed E-state index contributed by atoms with van der Waals surface area (Å²) < 4.78 is 11.4. The van der Waals surface area contributed by atoms with Crippen molar-refractivity contribution in [2.45, 2.75) is 65.6 Å². The van der Waals surface area contributed by atoms with Crippen molar-refractivity contribution in [2.75, 3.05) is 11.9 Å². The van der Waals surface area contributed by atoms with E-state index in [2.05, 4.69) is 12.2 Å². The lowest BCUT2D eigenvalue weighted by atomic mass is 9.99. The molecule has 0 heterocycles. The van der Waals surface area contributed by atoms with Crippen molar-refractivity contribution >= 4 is 11.6 Å². The van der Waals surface area contributed by atoms with Crippen LogP contribution in [0.3, 0.4) is 0 Å². The average molecular weight is 307 g/mol. The Labute approximate surface area is 134 Å². The smallest absolute Gasteiger partial charge is 0.256 e. The third kappa shape index (κ3) is 5.68. The number of amides is 1. The molecule has 0 aromatic heterocycles. The van der Waals surface area contributed by atoms with Gasteiger partial charge in [0.05, 0.1) is 6.10 Å². The fourth-order valence-electron chi connectivity index (χ4n) is 2.21. The van der Waals surface area contributed by atoms with Gasteiger partial charge < -0.3 is 14.8 Å². The van der Waals surface area contributed by atoms with Gasteiger partial charge in [0.1, 0.15) is 11.4 Å². The molecular formula is C18H29NO3. The van der Waals surface area contributed by atoms with Gasteiger partial charge in [0.25, 0.3) is 5.91 Å². The van der Waals surface area contributed by atoms with Gasteiger partial charge in [-0.2, -0.15) is 0 Å². The van der Waals surface area contributed by atoms with E-state index < -0.39 is 5.60 Å². The average Bonchev–Trinajstić information content (AvgIpc) is 2.47. The fourth-order valence-corrected chi connectivity index (χ4v) is 2.21. The summed E-state index contributed by atoms with van der Waals surface area (Å²) in [6, 6.07) is 7.42. The zero-order valence-corrected chi connectivity index (χ0v) is 14.4. The molecule has 4 nitrogen and oxygen atoms in total. The van der Waals surface area contributed by atoms with Crippen LogP contribution in [0.25, 0.3) is 0 Å². The standard InChI is InChI=1S/C18H29NO3/c1-6-12-18(5,21-13-7-2)17(20)19-15-8-10-16(11-9-15)22-14(3)4/h8-11,14H,6-7,12-13H2,1-5H3,(H,19,20). The molecule has 1 atom stereocenters. The van der Waals surface area contributed by atoms with Crippen LogP contribution in [-0.4, -0.2) is 24.2 Å². The molecule has 124 valence electrons. The normalized spacial score (nSPS) is 13.7. The molecule has 0 saturated carbocycles. The lowest BCUT2D eigenvalue weighted by Gasteiger charge is -2.28. The number of rotatable bonds is 9. The summed E-state index contributed by atoms with van der Waals surface area (Å²) >= 11 is 0. The van der Waals surface area contributed by atoms with Gasteiger partial charge in [0.15, 0.2) is 0 Å². The Hall–Kier alpha value is -1.55. The minimum absolute atomic E-state index is 0.0969. The Morgan fingerprint density at radius 2 is 1.82 bits per heavy atom. The molecule has 0 radical (unpaired) electrons. The van der Waals surface area contributed by atoms with Crippen molar-refractivity contribution in [1.29, 1.82) is 0 Å². The maximum Gasteiger partial charge on any atom is 0.256 e. The van der Waals surface area contributed by atoms with Crippen molar-refractivity contribution in [3.05, 3.63) is 24.3 Å². The largest absolute Gasteiger partial charge is 0.491 e. The molecule has 22 heavy (non-hydrogen) atoms. The number of nitrogens with one attached hydrogen (secondary N) is 1. The molecule has 0 saturated heterocycles. The van der Waals surface area contributed by atoms with Gasteiger partial charge in [-0.15, -0.1) is 0 Å². The van der Waals surface area contributed by atoms with E-state index in [4.69, 9.17) is 9.47 Å². The molecule has 1 unspecified atom stereocenters. The van der Waals surface area contributed by atoms with Gasteiger partial charge in [-0.3, -0.25) is 4.79 Å². The predicted octanol–water partition coefficient (Wildman–Crippen LogP) is 4.40. The number of hydrogen-bond acceptors (Lipinski definition) is 3. The monoisotopic (exact) mass is 307 g/mol. The SMILES string of the molecule is CCCOC(C)(CCC)C(=O)Nc1ccc(OC(C)C)cc1. The number of hydrogen-bond donors (Lipinski definition) is 1. The third-order valence-electron chi connectivity index (χ3n) is 3.32. The van der Waals surface area contributed by atoms with Gasteiger partial charge in [-0.25, -0.2) is 0 Å². The molecule has 1 aromatic rings. The Morgan fingerprint density at radius 3 is 2.32 bits per heavy atom. The predicted molar refractivity (Wildman–Crippen MR) is 90.4 cm³/mol. The first-order valence-corrected chi connectivity index (χ1v) is 8.13. The van der Waals surface area contributed by atoms with E-state index in [1.54, 1.807) is 0 Å². The first-order chi connectivity index (χ1) is 10.4. The number of benzene rings is 1. The molecule has 0 fully saturated rings. The van der Waals surface area contributed by atoms with Crippen LogP contribution in [0.15, 0.2) is 24.3 Å². The molecule has 1 aromatic carbocycles. The molecule has 0 aliphatic rings. The maximum absolute atomic E-state index is 12.5. The van der Waals surface area contributed by atoms with Gasteiger partial charge in [-0.1, -0.05) is 20.3 Å². The Kier molecular flexibility index (Phi) is 7.39. The Morgan fingerprint density at radius 1 is 1.18 bits per heavy atom. The minimum atomic E-state index is -0.780. The molecule has 1 rings (SSSR count). The summed E-state index contributed by atoms with van der Waals surface area (Å²) in [5, 5.41) is 2.94. The van der Waals surface area contributed by atoms with Crippen molar-refractivity contribution in [1.82, 2.24) is 0 Å². The van der Waals surface area contributed by atoms with Crippen LogP contribution in [-0.2, 0) is 9.53 Å². The highest BCUT2D eigenvalue weighted by Gasteiger charge is 2.33. The molecule has 4 heteroatoms. The quantitative estimate of drug-likeness (QED) is 0.735. The summed E-state index contributed by atoms with van der Waals surface area (Å²) in [7, 11) is 0. The van der Waals surface area contributed by atoms with Crippen molar-refractivity contribution in [2.24, 2.45) is 0 Å². The molecule has 0 aliphatic heterocycles. The second kappa shape index (κ2) is 8.79. The third-order valence-corrected chi connectivity index (χ3v) is 3.32. The van der Waals surface area contributed by atoms with Crippen LogP contribution >= 0.6 is 0 Å². The molecular weight excluding hydrogens is 278 g/mol. The van der Waals surface area contributed by atoms with E-state index in [1.807, 2.05) is 52.0 Å². The Balaban J connectivity index is 2.72. The lowest BCUT2D eigenvalue weighted by molar-refractivity contribution is -0.140. The van der Waals surface area contributed by atoms with Crippen molar-refractivity contribution in [3.63, 3.8) is 0 Å². The van der Waals surface area contributed by atoms with Crippen LogP contribution in [0.2, 0.25) is 0 Å². The maximum atomic E-state index is 12.5. The fraction of sp³-hybridized carbons (Fsp3) is 0.611. The van der Waals surface area contributed by atoms with E-state index in [1.165, 1.54) is 0 Å². The zero-order valence-electron chi connectivity index (χ0n) is 14.4. The number of ether oxygens (including phenoxy) is 2. The topological polar surface area (TPSA) is 47.6 Å². The summed E-state index contributed by atoms with van der Waals surface area (Å²) in [6.45, 7) is 10.5. The van der Waals surface area contributed by atoms with Crippen LogP contribution in [0.4, 0.5) is 5.69 Å². The van der Waals surface area contributed by atoms with Crippen LogP contribution < -0.4 is 10.1 Å². The molecule has 0 bridgehead atoms. The molecule has 0 spiro atoms. The number of carbonyl (C=O) groups excluding carboxylic acids is 1. The van der Waals surface area contributed by atoms with Crippen LogP contribution in [0.5, 0.6) is 5.75 Å². The second-order valence-electron chi connectivity index (χ2n) is 5.97. The van der Waals surface area contributed by atoms with Gasteiger partial charge in [0, 0.05) is 12.3 Å². The minimum Gasteiger partial charge on any atom is -0.491 e. The highest BCUT2D eigenvalue weighted by atomic mass is 16.5. The summed E-state index contributed by atoms with van der Waals surface area (Å²) in [4.78, 5) is 12.5. The van der Waals surface area contributed by atoms with Gasteiger partial charge >= 0.3 is 0 Å². The molecule has 0 aliphatic carbocycles. The summed E-state index contributed by atoms with van der Waals surface area (Å²) in [5.74, 6) is 0.701.